The van der Waals surface area contributed by atoms with E-state index in [9.17, 15) is 4.79 Å². The quantitative estimate of drug-likeness (QED) is 0.857. The first-order valence-corrected chi connectivity index (χ1v) is 8.14. The molecule has 5 nitrogen and oxygen atoms in total. The summed E-state index contributed by atoms with van der Waals surface area (Å²) in [5.74, 6) is 0.473. The maximum atomic E-state index is 12.0. The lowest BCUT2D eigenvalue weighted by Crippen LogP contribution is -2.34. The molecule has 2 rings (SSSR count). The Labute approximate surface area is 134 Å². The van der Waals surface area contributed by atoms with Gasteiger partial charge in [0.05, 0.1) is 18.2 Å². The average Bonchev–Trinajstić information content (AvgIpc) is 2.96. The van der Waals surface area contributed by atoms with Gasteiger partial charge in [-0.3, -0.25) is 4.79 Å². The van der Waals surface area contributed by atoms with Gasteiger partial charge in [0.1, 0.15) is 5.75 Å². The van der Waals surface area contributed by atoms with E-state index >= 15 is 0 Å². The number of nitrogens with zero attached hydrogens (tertiary/aromatic N) is 1. The highest BCUT2D eigenvalue weighted by molar-refractivity contribution is 7.14. The van der Waals surface area contributed by atoms with Gasteiger partial charge in [-0.1, -0.05) is 6.92 Å². The van der Waals surface area contributed by atoms with Crippen molar-refractivity contribution in [3.05, 3.63) is 29.6 Å². The molecule has 22 heavy (non-hydrogen) atoms. The van der Waals surface area contributed by atoms with E-state index < -0.39 is 0 Å². The number of rotatable bonds is 6. The number of amides is 1. The van der Waals surface area contributed by atoms with E-state index in [4.69, 9.17) is 10.5 Å². The zero-order chi connectivity index (χ0) is 16.1. The fourth-order valence-corrected chi connectivity index (χ4v) is 2.53. The lowest BCUT2D eigenvalue weighted by molar-refractivity contribution is -0.119. The molecule has 6 heteroatoms. The SMILES string of the molecule is CCOc1ccc(-c2csc(NC(=O)C(C)C(C)N)n2)cc1. The van der Waals surface area contributed by atoms with Gasteiger partial charge in [-0.2, -0.15) is 0 Å². The van der Waals surface area contributed by atoms with Crippen LogP contribution in [0.3, 0.4) is 0 Å². The van der Waals surface area contributed by atoms with Crippen LogP contribution in [0.5, 0.6) is 5.75 Å². The molecule has 1 amide bonds. The van der Waals surface area contributed by atoms with Crippen molar-refractivity contribution in [3.63, 3.8) is 0 Å². The number of anilines is 1. The zero-order valence-electron chi connectivity index (χ0n) is 13.0. The van der Waals surface area contributed by atoms with Crippen LogP contribution in [0.4, 0.5) is 5.13 Å². The topological polar surface area (TPSA) is 77.2 Å². The first-order chi connectivity index (χ1) is 10.5. The second-order valence-electron chi connectivity index (χ2n) is 5.13. The zero-order valence-corrected chi connectivity index (χ0v) is 13.8. The van der Waals surface area contributed by atoms with E-state index in [1.807, 2.05) is 43.5 Å². The molecule has 0 bridgehead atoms. The van der Waals surface area contributed by atoms with Crippen LogP contribution in [0.25, 0.3) is 11.3 Å². The minimum atomic E-state index is -0.252. The Bertz CT molecular complexity index is 623. The highest BCUT2D eigenvalue weighted by atomic mass is 32.1. The van der Waals surface area contributed by atoms with Crippen LogP contribution < -0.4 is 15.8 Å². The first kappa shape index (κ1) is 16.5. The Morgan fingerprint density at radius 1 is 1.36 bits per heavy atom. The summed E-state index contributed by atoms with van der Waals surface area (Å²) in [5.41, 5.74) is 7.55. The highest BCUT2D eigenvalue weighted by Gasteiger charge is 2.18. The molecule has 0 saturated heterocycles. The van der Waals surface area contributed by atoms with Gasteiger partial charge in [0.15, 0.2) is 5.13 Å². The highest BCUT2D eigenvalue weighted by Crippen LogP contribution is 2.26. The molecule has 0 aliphatic heterocycles. The maximum Gasteiger partial charge on any atom is 0.230 e. The number of hydrogen-bond donors (Lipinski definition) is 2. The third-order valence-corrected chi connectivity index (χ3v) is 4.16. The molecule has 2 aromatic rings. The molecule has 118 valence electrons. The number of ether oxygens (including phenoxy) is 1. The van der Waals surface area contributed by atoms with Crippen LogP contribution in [0.2, 0.25) is 0 Å². The summed E-state index contributed by atoms with van der Waals surface area (Å²) in [5, 5.41) is 5.31. The standard InChI is InChI=1S/C16H21N3O2S/c1-4-21-13-7-5-12(6-8-13)14-9-22-16(18-14)19-15(20)10(2)11(3)17/h5-11H,4,17H2,1-3H3,(H,18,19,20). The number of carbonyl (C=O) groups is 1. The molecule has 3 N–H and O–H groups in total. The number of nitrogens with two attached hydrogens (primary N) is 1. The minimum Gasteiger partial charge on any atom is -0.494 e. The first-order valence-electron chi connectivity index (χ1n) is 7.26. The Morgan fingerprint density at radius 3 is 2.64 bits per heavy atom. The Balaban J connectivity index is 2.06. The molecule has 2 unspecified atom stereocenters. The van der Waals surface area contributed by atoms with Crippen molar-refractivity contribution in [1.29, 1.82) is 0 Å². The van der Waals surface area contributed by atoms with Crippen LogP contribution in [0.1, 0.15) is 20.8 Å². The van der Waals surface area contributed by atoms with Gasteiger partial charge >= 0.3 is 0 Å². The second-order valence-corrected chi connectivity index (χ2v) is 5.99. The maximum absolute atomic E-state index is 12.0. The summed E-state index contributed by atoms with van der Waals surface area (Å²) < 4.78 is 5.42. The number of hydrogen-bond acceptors (Lipinski definition) is 5. The van der Waals surface area contributed by atoms with E-state index in [0.717, 1.165) is 17.0 Å². The Morgan fingerprint density at radius 2 is 2.05 bits per heavy atom. The Kier molecular flexibility index (Phi) is 5.51. The van der Waals surface area contributed by atoms with Crippen LogP contribution >= 0.6 is 11.3 Å². The third kappa shape index (κ3) is 4.05. The number of aromatic nitrogens is 1. The van der Waals surface area contributed by atoms with Crippen molar-refractivity contribution in [3.8, 4) is 17.0 Å². The number of thiazole rings is 1. The summed E-state index contributed by atoms with van der Waals surface area (Å²) in [7, 11) is 0. The fraction of sp³-hybridized carbons (Fsp3) is 0.375. The van der Waals surface area contributed by atoms with Gasteiger partial charge < -0.3 is 15.8 Å². The van der Waals surface area contributed by atoms with Gasteiger partial charge in [-0.15, -0.1) is 11.3 Å². The van der Waals surface area contributed by atoms with Gasteiger partial charge in [0, 0.05) is 17.0 Å². The molecule has 1 aromatic heterocycles. The molecular formula is C16H21N3O2S. The summed E-state index contributed by atoms with van der Waals surface area (Å²) in [6.07, 6.45) is 0. The fourth-order valence-electron chi connectivity index (χ4n) is 1.81. The van der Waals surface area contributed by atoms with E-state index in [1.165, 1.54) is 11.3 Å². The van der Waals surface area contributed by atoms with Crippen molar-refractivity contribution in [2.24, 2.45) is 11.7 Å². The Hall–Kier alpha value is -1.92. The monoisotopic (exact) mass is 319 g/mol. The van der Waals surface area contributed by atoms with Crippen molar-refractivity contribution in [2.75, 3.05) is 11.9 Å². The van der Waals surface area contributed by atoms with E-state index in [-0.39, 0.29) is 17.9 Å². The van der Waals surface area contributed by atoms with Crippen molar-refractivity contribution in [1.82, 2.24) is 4.98 Å². The molecule has 0 aliphatic rings. The van der Waals surface area contributed by atoms with E-state index in [1.54, 1.807) is 6.92 Å². The minimum absolute atomic E-state index is 0.109. The molecule has 1 aromatic carbocycles. The smallest absolute Gasteiger partial charge is 0.230 e. The van der Waals surface area contributed by atoms with Crippen molar-refractivity contribution in [2.45, 2.75) is 26.8 Å². The summed E-state index contributed by atoms with van der Waals surface area (Å²) in [6.45, 7) is 6.22. The van der Waals surface area contributed by atoms with Gasteiger partial charge in [0.25, 0.3) is 0 Å². The van der Waals surface area contributed by atoms with Crippen molar-refractivity contribution < 1.29 is 9.53 Å². The molecule has 0 saturated carbocycles. The summed E-state index contributed by atoms with van der Waals surface area (Å²) in [6, 6.07) is 7.54. The molecule has 0 radical (unpaired) electrons. The number of carbonyl (C=O) groups excluding carboxylic acids is 1. The summed E-state index contributed by atoms with van der Waals surface area (Å²) >= 11 is 1.40. The summed E-state index contributed by atoms with van der Waals surface area (Å²) in [4.78, 5) is 16.4. The van der Waals surface area contributed by atoms with Crippen molar-refractivity contribution >= 4 is 22.4 Å². The average molecular weight is 319 g/mol. The van der Waals surface area contributed by atoms with Gasteiger partial charge in [-0.25, -0.2) is 4.98 Å². The molecular weight excluding hydrogens is 298 g/mol. The van der Waals surface area contributed by atoms with Crippen LogP contribution in [0, 0.1) is 5.92 Å². The molecule has 0 aliphatic carbocycles. The predicted octanol–water partition coefficient (Wildman–Crippen LogP) is 3.13. The van der Waals surface area contributed by atoms with Gasteiger partial charge in [0.2, 0.25) is 5.91 Å². The van der Waals surface area contributed by atoms with E-state index in [2.05, 4.69) is 10.3 Å². The molecule has 0 fully saturated rings. The van der Waals surface area contributed by atoms with Crippen LogP contribution in [0.15, 0.2) is 29.6 Å². The largest absolute Gasteiger partial charge is 0.494 e. The lowest BCUT2D eigenvalue weighted by Gasteiger charge is -2.13. The third-order valence-electron chi connectivity index (χ3n) is 3.40. The lowest BCUT2D eigenvalue weighted by atomic mass is 10.0. The molecule has 1 heterocycles. The van der Waals surface area contributed by atoms with Crippen LogP contribution in [-0.2, 0) is 4.79 Å². The van der Waals surface area contributed by atoms with Gasteiger partial charge in [-0.05, 0) is 38.1 Å². The molecule has 2 atom stereocenters. The van der Waals surface area contributed by atoms with E-state index in [0.29, 0.717) is 11.7 Å². The second kappa shape index (κ2) is 7.38. The number of benzene rings is 1. The number of nitrogens with one attached hydrogen (secondary N) is 1. The molecule has 0 spiro atoms. The normalized spacial score (nSPS) is 13.5. The predicted molar refractivity (Wildman–Crippen MR) is 90.2 cm³/mol. The van der Waals surface area contributed by atoms with Crippen LogP contribution in [-0.4, -0.2) is 23.5 Å².